The van der Waals surface area contributed by atoms with Crippen LogP contribution in [0.1, 0.15) is 32.6 Å². The molecule has 1 N–H and O–H groups in total. The molecule has 156 valence electrons. The predicted molar refractivity (Wildman–Crippen MR) is 109 cm³/mol. The van der Waals surface area contributed by atoms with Gasteiger partial charge in [-0.3, -0.25) is 4.79 Å². The summed E-state index contributed by atoms with van der Waals surface area (Å²) in [6, 6.07) is 11.5. The Hall–Kier alpha value is -2.45. The molecule has 0 bridgehead atoms. The molecule has 0 radical (unpaired) electrons. The minimum absolute atomic E-state index is 0.0386. The van der Waals surface area contributed by atoms with Gasteiger partial charge in [0.1, 0.15) is 11.6 Å². The topological polar surface area (TPSA) is 75.7 Å². The lowest BCUT2D eigenvalue weighted by Crippen LogP contribution is -2.43. The number of sulfonamides is 1. The molecule has 3 rings (SSSR count). The van der Waals surface area contributed by atoms with Crippen LogP contribution in [0.25, 0.3) is 0 Å². The van der Waals surface area contributed by atoms with Crippen LogP contribution < -0.4 is 10.1 Å². The number of ether oxygens (including phenoxy) is 1. The highest BCUT2D eigenvalue weighted by atomic mass is 32.2. The number of nitrogens with zero attached hydrogens (tertiary/aromatic N) is 1. The molecule has 0 aromatic heterocycles. The van der Waals surface area contributed by atoms with E-state index in [0.29, 0.717) is 18.0 Å². The fourth-order valence-corrected chi connectivity index (χ4v) is 5.19. The Morgan fingerprint density at radius 1 is 1.14 bits per heavy atom. The molecule has 1 aliphatic heterocycles. The third-order valence-corrected chi connectivity index (χ3v) is 6.94. The van der Waals surface area contributed by atoms with Gasteiger partial charge in [0, 0.05) is 18.3 Å². The van der Waals surface area contributed by atoms with Crippen molar-refractivity contribution in [2.75, 3.05) is 18.5 Å². The normalized spacial score (nSPS) is 17.7. The number of carbonyl (C=O) groups is 1. The summed E-state index contributed by atoms with van der Waals surface area (Å²) in [5, 5.41) is 2.66. The van der Waals surface area contributed by atoms with Crippen molar-refractivity contribution in [3.05, 3.63) is 54.3 Å². The maximum absolute atomic E-state index is 13.0. The van der Waals surface area contributed by atoms with Crippen LogP contribution in [0.3, 0.4) is 0 Å². The first kappa shape index (κ1) is 21.3. The molecule has 8 heteroatoms. The maximum atomic E-state index is 13.0. The lowest BCUT2D eigenvalue weighted by molar-refractivity contribution is -0.118. The van der Waals surface area contributed by atoms with Gasteiger partial charge < -0.3 is 10.1 Å². The van der Waals surface area contributed by atoms with Gasteiger partial charge in [-0.2, -0.15) is 4.31 Å². The Balaban J connectivity index is 1.60. The van der Waals surface area contributed by atoms with Gasteiger partial charge in [-0.15, -0.1) is 0 Å². The highest BCUT2D eigenvalue weighted by molar-refractivity contribution is 7.89. The van der Waals surface area contributed by atoms with E-state index in [1.165, 1.54) is 36.4 Å². The molecule has 2 aromatic carbocycles. The van der Waals surface area contributed by atoms with Crippen molar-refractivity contribution >= 4 is 21.6 Å². The van der Waals surface area contributed by atoms with E-state index in [2.05, 4.69) is 5.32 Å². The fraction of sp³-hybridized carbons (Fsp3) is 0.381. The average Bonchev–Trinajstić information content (AvgIpc) is 2.73. The van der Waals surface area contributed by atoms with Crippen molar-refractivity contribution in [2.45, 2.75) is 43.5 Å². The Bertz CT molecular complexity index is 930. The summed E-state index contributed by atoms with van der Waals surface area (Å²) < 4.78 is 45.7. The monoisotopic (exact) mass is 420 g/mol. The highest BCUT2D eigenvalue weighted by Gasteiger charge is 2.32. The van der Waals surface area contributed by atoms with Crippen molar-refractivity contribution < 1.29 is 22.3 Å². The van der Waals surface area contributed by atoms with E-state index >= 15 is 0 Å². The minimum atomic E-state index is -3.55. The number of halogens is 1. The summed E-state index contributed by atoms with van der Waals surface area (Å²) in [6.07, 6.45) is 3.60. The molecule has 6 nitrogen and oxygen atoms in total. The van der Waals surface area contributed by atoms with Crippen LogP contribution in [0.2, 0.25) is 0 Å². The number of carbonyl (C=O) groups excluding carboxylic acids is 1. The summed E-state index contributed by atoms with van der Waals surface area (Å²) >= 11 is 0. The van der Waals surface area contributed by atoms with Crippen LogP contribution in [-0.4, -0.2) is 37.8 Å². The van der Waals surface area contributed by atoms with Crippen molar-refractivity contribution in [2.24, 2.45) is 0 Å². The summed E-state index contributed by atoms with van der Waals surface area (Å²) in [5.74, 6) is -0.395. The van der Waals surface area contributed by atoms with Crippen LogP contribution in [0.5, 0.6) is 5.75 Å². The number of amides is 1. The van der Waals surface area contributed by atoms with E-state index in [1.54, 1.807) is 16.4 Å². The first-order valence-corrected chi connectivity index (χ1v) is 11.1. The first-order chi connectivity index (χ1) is 13.9. The number of benzene rings is 2. The standard InChI is InChI=1S/C21H25FN2O4S/c1-2-18-5-3-4-14-24(18)29(26,27)20-12-8-17(9-13-20)23-21(25)15-28-19-10-6-16(22)7-11-19/h6-13,18H,2-5,14-15H2,1H3,(H,23,25)/t18-/m0/s1. The molecular weight excluding hydrogens is 395 g/mol. The van der Waals surface area contributed by atoms with Crippen LogP contribution in [-0.2, 0) is 14.8 Å². The summed E-state index contributed by atoms with van der Waals surface area (Å²) in [4.78, 5) is 12.2. The van der Waals surface area contributed by atoms with Crippen LogP contribution in [0.4, 0.5) is 10.1 Å². The Morgan fingerprint density at radius 2 is 1.83 bits per heavy atom. The molecule has 1 aliphatic rings. The lowest BCUT2D eigenvalue weighted by atomic mass is 10.0. The van der Waals surface area contributed by atoms with Crippen molar-refractivity contribution in [3.8, 4) is 5.75 Å². The van der Waals surface area contributed by atoms with E-state index in [4.69, 9.17) is 4.74 Å². The number of anilines is 1. The van der Waals surface area contributed by atoms with E-state index in [-0.39, 0.29) is 23.4 Å². The van der Waals surface area contributed by atoms with Gasteiger partial charge in [0.2, 0.25) is 10.0 Å². The van der Waals surface area contributed by atoms with Gasteiger partial charge in [0.25, 0.3) is 5.91 Å². The van der Waals surface area contributed by atoms with Crippen LogP contribution in [0, 0.1) is 5.82 Å². The highest BCUT2D eigenvalue weighted by Crippen LogP contribution is 2.27. The summed E-state index contributed by atoms with van der Waals surface area (Å²) in [5.41, 5.74) is 0.474. The van der Waals surface area contributed by atoms with Crippen molar-refractivity contribution in [1.29, 1.82) is 0 Å². The zero-order valence-electron chi connectivity index (χ0n) is 16.3. The zero-order valence-corrected chi connectivity index (χ0v) is 17.1. The minimum Gasteiger partial charge on any atom is -0.484 e. The second-order valence-electron chi connectivity index (χ2n) is 6.99. The number of hydrogen-bond donors (Lipinski definition) is 1. The first-order valence-electron chi connectivity index (χ1n) is 9.70. The molecule has 1 atom stereocenters. The molecule has 0 aliphatic carbocycles. The number of piperidine rings is 1. The SMILES string of the molecule is CC[C@H]1CCCCN1S(=O)(=O)c1ccc(NC(=O)COc2ccc(F)cc2)cc1. The largest absolute Gasteiger partial charge is 0.484 e. The van der Waals surface area contributed by atoms with Crippen LogP contribution >= 0.6 is 0 Å². The molecule has 0 spiro atoms. The van der Waals surface area contributed by atoms with Crippen LogP contribution in [0.15, 0.2) is 53.4 Å². The predicted octanol–water partition coefficient (Wildman–Crippen LogP) is 3.80. The van der Waals surface area contributed by atoms with E-state index in [0.717, 1.165) is 25.7 Å². The third-order valence-electron chi connectivity index (χ3n) is 4.97. The number of rotatable bonds is 7. The van der Waals surface area contributed by atoms with E-state index in [9.17, 15) is 17.6 Å². The zero-order chi connectivity index (χ0) is 20.9. The summed E-state index contributed by atoms with van der Waals surface area (Å²) in [7, 11) is -3.55. The quantitative estimate of drug-likeness (QED) is 0.739. The lowest BCUT2D eigenvalue weighted by Gasteiger charge is -2.34. The number of hydrogen-bond acceptors (Lipinski definition) is 4. The smallest absolute Gasteiger partial charge is 0.262 e. The molecule has 0 unspecified atom stereocenters. The van der Waals surface area contributed by atoms with Gasteiger partial charge in [-0.25, -0.2) is 12.8 Å². The summed E-state index contributed by atoms with van der Waals surface area (Å²) in [6.45, 7) is 2.31. The van der Waals surface area contributed by atoms with Crippen molar-refractivity contribution in [1.82, 2.24) is 4.31 Å². The fourth-order valence-electron chi connectivity index (χ4n) is 3.42. The van der Waals surface area contributed by atoms with Gasteiger partial charge in [0.15, 0.2) is 6.61 Å². The molecular formula is C21H25FN2O4S. The molecule has 29 heavy (non-hydrogen) atoms. The Morgan fingerprint density at radius 3 is 2.48 bits per heavy atom. The van der Waals surface area contributed by atoms with E-state index < -0.39 is 15.9 Å². The van der Waals surface area contributed by atoms with Gasteiger partial charge in [-0.1, -0.05) is 13.3 Å². The molecule has 1 saturated heterocycles. The average molecular weight is 421 g/mol. The Labute approximate surface area is 170 Å². The molecule has 0 saturated carbocycles. The van der Waals surface area contributed by atoms with Gasteiger partial charge >= 0.3 is 0 Å². The van der Waals surface area contributed by atoms with Crippen molar-refractivity contribution in [3.63, 3.8) is 0 Å². The molecule has 1 fully saturated rings. The second-order valence-corrected chi connectivity index (χ2v) is 8.88. The van der Waals surface area contributed by atoms with Gasteiger partial charge in [0.05, 0.1) is 4.90 Å². The number of nitrogens with one attached hydrogen (secondary N) is 1. The maximum Gasteiger partial charge on any atom is 0.262 e. The second kappa shape index (κ2) is 9.37. The molecule has 1 amide bonds. The Kier molecular flexibility index (Phi) is 6.87. The van der Waals surface area contributed by atoms with Gasteiger partial charge in [-0.05, 0) is 67.8 Å². The van der Waals surface area contributed by atoms with E-state index in [1.807, 2.05) is 6.92 Å². The molecule has 2 aromatic rings. The molecule has 1 heterocycles. The third kappa shape index (κ3) is 5.33.